The predicted molar refractivity (Wildman–Crippen MR) is 84.6 cm³/mol. The lowest BCUT2D eigenvalue weighted by atomic mass is 10.1. The summed E-state index contributed by atoms with van der Waals surface area (Å²) in [6, 6.07) is 7.66. The summed E-state index contributed by atoms with van der Waals surface area (Å²) in [6.45, 7) is 3.65. The largest absolute Gasteiger partial charge is 0.497 e. The fraction of sp³-hybridized carbons (Fsp3) is 0.412. The quantitative estimate of drug-likeness (QED) is 0.875. The van der Waals surface area contributed by atoms with Crippen LogP contribution in [-0.4, -0.2) is 40.8 Å². The molecule has 3 rings (SSSR count). The minimum Gasteiger partial charge on any atom is -0.497 e. The number of piperidine rings is 1. The second-order valence-electron chi connectivity index (χ2n) is 5.61. The van der Waals surface area contributed by atoms with E-state index in [0.29, 0.717) is 5.56 Å². The lowest BCUT2D eigenvalue weighted by molar-refractivity contribution is 0.0723. The summed E-state index contributed by atoms with van der Waals surface area (Å²) in [5.74, 6) is 0.898. The molecular formula is C17H21N3O2. The maximum Gasteiger partial charge on any atom is 0.257 e. The molecule has 0 radical (unpaired) electrons. The molecule has 0 saturated carbocycles. The van der Waals surface area contributed by atoms with Gasteiger partial charge in [-0.25, -0.2) is 4.68 Å². The Morgan fingerprint density at radius 1 is 1.14 bits per heavy atom. The van der Waals surface area contributed by atoms with E-state index in [-0.39, 0.29) is 5.91 Å². The van der Waals surface area contributed by atoms with Crippen molar-refractivity contribution in [3.05, 3.63) is 41.7 Å². The van der Waals surface area contributed by atoms with Crippen LogP contribution < -0.4 is 4.74 Å². The number of carbonyl (C=O) groups excluding carboxylic acids is 1. The van der Waals surface area contributed by atoms with Gasteiger partial charge in [-0.2, -0.15) is 5.10 Å². The number of rotatable bonds is 3. The number of benzene rings is 1. The van der Waals surface area contributed by atoms with Crippen LogP contribution in [0.15, 0.2) is 30.5 Å². The number of methoxy groups -OCH3 is 1. The molecule has 1 fully saturated rings. The molecule has 2 aromatic rings. The van der Waals surface area contributed by atoms with Crippen LogP contribution in [-0.2, 0) is 0 Å². The van der Waals surface area contributed by atoms with Crippen molar-refractivity contribution < 1.29 is 9.53 Å². The molecule has 5 heteroatoms. The van der Waals surface area contributed by atoms with Crippen LogP contribution in [0.2, 0.25) is 0 Å². The van der Waals surface area contributed by atoms with Crippen molar-refractivity contribution in [1.29, 1.82) is 0 Å². The third kappa shape index (κ3) is 2.71. The fourth-order valence-corrected chi connectivity index (χ4v) is 2.87. The highest BCUT2D eigenvalue weighted by atomic mass is 16.5. The fourth-order valence-electron chi connectivity index (χ4n) is 2.87. The number of hydrogen-bond acceptors (Lipinski definition) is 3. The van der Waals surface area contributed by atoms with E-state index in [1.165, 1.54) is 6.42 Å². The van der Waals surface area contributed by atoms with Gasteiger partial charge in [-0.05, 0) is 50.5 Å². The highest BCUT2D eigenvalue weighted by molar-refractivity contribution is 5.95. The predicted octanol–water partition coefficient (Wildman–Crippen LogP) is 2.82. The molecule has 116 valence electrons. The number of amides is 1. The van der Waals surface area contributed by atoms with Crippen molar-refractivity contribution >= 4 is 5.91 Å². The Kier molecular flexibility index (Phi) is 4.13. The molecule has 1 aliphatic rings. The molecule has 0 bridgehead atoms. The molecule has 1 aliphatic heterocycles. The van der Waals surface area contributed by atoms with E-state index >= 15 is 0 Å². The van der Waals surface area contributed by atoms with Gasteiger partial charge in [0.1, 0.15) is 5.75 Å². The van der Waals surface area contributed by atoms with Crippen LogP contribution in [0.3, 0.4) is 0 Å². The van der Waals surface area contributed by atoms with Crippen LogP contribution in [0, 0.1) is 6.92 Å². The minimum atomic E-state index is 0.0944. The zero-order valence-corrected chi connectivity index (χ0v) is 13.1. The second-order valence-corrected chi connectivity index (χ2v) is 5.61. The van der Waals surface area contributed by atoms with Crippen molar-refractivity contribution in [1.82, 2.24) is 14.7 Å². The smallest absolute Gasteiger partial charge is 0.257 e. The Balaban J connectivity index is 1.85. The summed E-state index contributed by atoms with van der Waals surface area (Å²) in [5.41, 5.74) is 2.49. The molecule has 0 spiro atoms. The molecular weight excluding hydrogens is 278 g/mol. The van der Waals surface area contributed by atoms with Gasteiger partial charge < -0.3 is 9.64 Å². The zero-order valence-electron chi connectivity index (χ0n) is 13.1. The van der Waals surface area contributed by atoms with Crippen LogP contribution in [0.25, 0.3) is 5.69 Å². The van der Waals surface area contributed by atoms with Crippen molar-refractivity contribution in [3.63, 3.8) is 0 Å². The van der Waals surface area contributed by atoms with Gasteiger partial charge in [0, 0.05) is 13.1 Å². The standard InChI is InChI=1S/C17H21N3O2/c1-13-16(17(21)19-10-4-3-5-11-19)12-18-20(13)14-6-8-15(22-2)9-7-14/h6-9,12H,3-5,10-11H2,1-2H3. The number of aromatic nitrogens is 2. The Hall–Kier alpha value is -2.30. The number of hydrogen-bond donors (Lipinski definition) is 0. The molecule has 0 unspecified atom stereocenters. The third-order valence-corrected chi connectivity index (χ3v) is 4.20. The first kappa shape index (κ1) is 14.6. The summed E-state index contributed by atoms with van der Waals surface area (Å²) < 4.78 is 6.97. The summed E-state index contributed by atoms with van der Waals surface area (Å²) in [6.07, 6.45) is 5.08. The number of likely N-dealkylation sites (tertiary alicyclic amines) is 1. The van der Waals surface area contributed by atoms with E-state index in [4.69, 9.17) is 4.74 Å². The summed E-state index contributed by atoms with van der Waals surface area (Å²) >= 11 is 0. The Labute approximate surface area is 130 Å². The number of ether oxygens (including phenoxy) is 1. The highest BCUT2D eigenvalue weighted by Crippen LogP contribution is 2.20. The first-order valence-electron chi connectivity index (χ1n) is 7.69. The third-order valence-electron chi connectivity index (χ3n) is 4.20. The van der Waals surface area contributed by atoms with E-state index in [1.54, 1.807) is 18.0 Å². The number of nitrogens with zero attached hydrogens (tertiary/aromatic N) is 3. The maximum atomic E-state index is 12.6. The Morgan fingerprint density at radius 3 is 2.45 bits per heavy atom. The van der Waals surface area contributed by atoms with Gasteiger partial charge >= 0.3 is 0 Å². The van der Waals surface area contributed by atoms with Gasteiger partial charge in [0.15, 0.2) is 0 Å². The molecule has 22 heavy (non-hydrogen) atoms. The molecule has 1 amide bonds. The second kappa shape index (κ2) is 6.22. The topological polar surface area (TPSA) is 47.4 Å². The average molecular weight is 299 g/mol. The SMILES string of the molecule is COc1ccc(-n2ncc(C(=O)N3CCCCC3)c2C)cc1. The van der Waals surface area contributed by atoms with Gasteiger partial charge in [-0.3, -0.25) is 4.79 Å². The van der Waals surface area contributed by atoms with Crippen molar-refractivity contribution in [3.8, 4) is 11.4 Å². The highest BCUT2D eigenvalue weighted by Gasteiger charge is 2.22. The van der Waals surface area contributed by atoms with Crippen LogP contribution in [0.1, 0.15) is 35.3 Å². The summed E-state index contributed by atoms with van der Waals surface area (Å²) in [7, 11) is 1.64. The van der Waals surface area contributed by atoms with Gasteiger partial charge in [0.05, 0.1) is 30.3 Å². The monoisotopic (exact) mass is 299 g/mol. The van der Waals surface area contributed by atoms with Crippen LogP contribution >= 0.6 is 0 Å². The molecule has 1 saturated heterocycles. The van der Waals surface area contributed by atoms with Gasteiger partial charge in [0.25, 0.3) is 5.91 Å². The first-order chi connectivity index (χ1) is 10.7. The van der Waals surface area contributed by atoms with Crippen molar-refractivity contribution in [2.75, 3.05) is 20.2 Å². The van der Waals surface area contributed by atoms with Crippen molar-refractivity contribution in [2.45, 2.75) is 26.2 Å². The average Bonchev–Trinajstić information content (AvgIpc) is 2.96. The lowest BCUT2D eigenvalue weighted by Crippen LogP contribution is -2.35. The van der Waals surface area contributed by atoms with E-state index in [2.05, 4.69) is 5.10 Å². The van der Waals surface area contributed by atoms with E-state index in [1.807, 2.05) is 36.1 Å². The molecule has 2 heterocycles. The maximum absolute atomic E-state index is 12.6. The van der Waals surface area contributed by atoms with E-state index in [9.17, 15) is 4.79 Å². The first-order valence-corrected chi connectivity index (χ1v) is 7.69. The van der Waals surface area contributed by atoms with Crippen LogP contribution in [0.4, 0.5) is 0 Å². The number of carbonyl (C=O) groups is 1. The van der Waals surface area contributed by atoms with Crippen molar-refractivity contribution in [2.24, 2.45) is 0 Å². The molecule has 1 aromatic carbocycles. The van der Waals surface area contributed by atoms with Crippen LogP contribution in [0.5, 0.6) is 5.75 Å². The van der Waals surface area contributed by atoms with E-state index in [0.717, 1.165) is 43.1 Å². The summed E-state index contributed by atoms with van der Waals surface area (Å²) in [5, 5.41) is 4.39. The zero-order chi connectivity index (χ0) is 15.5. The molecule has 0 atom stereocenters. The van der Waals surface area contributed by atoms with Gasteiger partial charge in [-0.1, -0.05) is 0 Å². The summed E-state index contributed by atoms with van der Waals surface area (Å²) in [4.78, 5) is 14.6. The molecule has 0 aliphatic carbocycles. The normalized spacial score (nSPS) is 14.9. The van der Waals surface area contributed by atoms with E-state index < -0.39 is 0 Å². The molecule has 1 aromatic heterocycles. The lowest BCUT2D eigenvalue weighted by Gasteiger charge is -2.26. The van der Waals surface area contributed by atoms with Gasteiger partial charge in [-0.15, -0.1) is 0 Å². The molecule has 5 nitrogen and oxygen atoms in total. The minimum absolute atomic E-state index is 0.0944. The van der Waals surface area contributed by atoms with Gasteiger partial charge in [0.2, 0.25) is 0 Å². The Morgan fingerprint density at radius 2 is 1.82 bits per heavy atom. The Bertz CT molecular complexity index is 655. The molecule has 0 N–H and O–H groups in total.